The second-order valence-corrected chi connectivity index (χ2v) is 10.3. The predicted molar refractivity (Wildman–Crippen MR) is 127 cm³/mol. The molecule has 6 nitrogen and oxygen atoms in total. The van der Waals surface area contributed by atoms with Gasteiger partial charge in [0.25, 0.3) is 0 Å². The number of alkyl halides is 3. The molecule has 1 aliphatic heterocycles. The highest BCUT2D eigenvalue weighted by atomic mass is 32.2. The van der Waals surface area contributed by atoms with Crippen LogP contribution in [-0.4, -0.2) is 49.9 Å². The van der Waals surface area contributed by atoms with Crippen molar-refractivity contribution in [3.63, 3.8) is 0 Å². The van der Waals surface area contributed by atoms with E-state index in [4.69, 9.17) is 9.47 Å². The number of ether oxygens (including phenoxy) is 2. The third-order valence-corrected chi connectivity index (χ3v) is 7.44. The summed E-state index contributed by atoms with van der Waals surface area (Å²) in [6.07, 6.45) is -0.228. The number of aromatic nitrogens is 3. The highest BCUT2D eigenvalue weighted by molar-refractivity contribution is 8.00. The van der Waals surface area contributed by atoms with Crippen molar-refractivity contribution < 1.29 is 40.9 Å². The van der Waals surface area contributed by atoms with Gasteiger partial charge in [-0.2, -0.15) is 18.3 Å². The normalized spacial score (nSPS) is 20.9. The van der Waals surface area contributed by atoms with E-state index in [9.17, 15) is 31.4 Å². The Bertz CT molecular complexity index is 1270. The topological polar surface area (TPSA) is 69.4 Å². The van der Waals surface area contributed by atoms with Crippen LogP contribution in [0.4, 0.5) is 26.3 Å². The van der Waals surface area contributed by atoms with Gasteiger partial charge in [-0.25, -0.2) is 22.8 Å². The van der Waals surface area contributed by atoms with Crippen molar-refractivity contribution in [3.05, 3.63) is 89.3 Å². The van der Waals surface area contributed by atoms with Crippen LogP contribution < -0.4 is 0 Å². The van der Waals surface area contributed by atoms with Gasteiger partial charge in [0.1, 0.15) is 35.7 Å². The summed E-state index contributed by atoms with van der Waals surface area (Å²) >= 11 is 1.27. The van der Waals surface area contributed by atoms with E-state index in [2.05, 4.69) is 10.1 Å². The van der Waals surface area contributed by atoms with Crippen molar-refractivity contribution in [3.8, 4) is 0 Å². The highest BCUT2D eigenvalue weighted by Crippen LogP contribution is 2.39. The minimum absolute atomic E-state index is 0.0604. The van der Waals surface area contributed by atoms with Crippen LogP contribution in [0.1, 0.15) is 23.6 Å². The van der Waals surface area contributed by atoms with Crippen LogP contribution in [0.25, 0.3) is 6.08 Å². The Labute approximate surface area is 218 Å². The number of aliphatic hydroxyl groups is 1. The average Bonchev–Trinajstić information content (AvgIpc) is 3.36. The number of hydrogen-bond acceptors (Lipinski definition) is 6. The molecule has 3 aromatic rings. The number of halogens is 6. The van der Waals surface area contributed by atoms with Gasteiger partial charge in [-0.3, -0.25) is 0 Å². The molecular weight excluding hydrogens is 536 g/mol. The third kappa shape index (κ3) is 6.57. The van der Waals surface area contributed by atoms with E-state index >= 15 is 0 Å². The van der Waals surface area contributed by atoms with Crippen molar-refractivity contribution >= 4 is 17.8 Å². The van der Waals surface area contributed by atoms with Gasteiger partial charge >= 0.3 is 6.18 Å². The summed E-state index contributed by atoms with van der Waals surface area (Å²) in [6, 6.07) is 5.16. The molecule has 1 saturated heterocycles. The summed E-state index contributed by atoms with van der Waals surface area (Å²) < 4.78 is 93.0. The molecule has 0 unspecified atom stereocenters. The Balaban J connectivity index is 1.40. The van der Waals surface area contributed by atoms with Crippen LogP contribution in [0.3, 0.4) is 0 Å². The monoisotopic (exact) mass is 559 g/mol. The van der Waals surface area contributed by atoms with E-state index in [0.717, 1.165) is 18.2 Å². The molecule has 2 atom stereocenters. The van der Waals surface area contributed by atoms with Crippen LogP contribution in [0, 0.1) is 17.5 Å². The molecule has 1 N–H and O–H groups in total. The number of thioether (sulfide) groups is 1. The summed E-state index contributed by atoms with van der Waals surface area (Å²) in [7, 11) is 0. The molecule has 4 rings (SSSR count). The van der Waals surface area contributed by atoms with Crippen LogP contribution >= 0.6 is 11.8 Å². The maximum Gasteiger partial charge on any atom is 0.416 e. The standard InChI is InChI=1S/C25H23F6N3O3S/c1-15(24(35,12-34-14-32-13-33-34)20-6-5-18(26)9-22(20)28)38-19-10-36-23(37-11-19)7-3-16-2-4-17(8-21(16)27)25(29,30)31/h2-9,13-15,19,23,35H,10-12H2,1H3/t15-,19?,23?,24-/m1/s1. The lowest BCUT2D eigenvalue weighted by Crippen LogP contribution is -2.43. The molecule has 1 fully saturated rings. The van der Waals surface area contributed by atoms with Gasteiger partial charge in [0.15, 0.2) is 6.29 Å². The minimum atomic E-state index is -4.65. The first kappa shape index (κ1) is 28.1. The Kier molecular flexibility index (Phi) is 8.50. The molecule has 0 bridgehead atoms. The molecule has 1 aliphatic rings. The maximum absolute atomic E-state index is 14.7. The van der Waals surface area contributed by atoms with E-state index < -0.39 is 46.3 Å². The van der Waals surface area contributed by atoms with Gasteiger partial charge in [0.05, 0.1) is 30.6 Å². The van der Waals surface area contributed by atoms with E-state index in [0.29, 0.717) is 12.1 Å². The third-order valence-electron chi connectivity index (χ3n) is 5.99. The first-order valence-electron chi connectivity index (χ1n) is 11.4. The van der Waals surface area contributed by atoms with E-state index in [-0.39, 0.29) is 36.1 Å². The first-order chi connectivity index (χ1) is 18.0. The lowest BCUT2D eigenvalue weighted by atomic mass is 9.90. The molecule has 2 heterocycles. The molecule has 0 saturated carbocycles. The summed E-state index contributed by atoms with van der Waals surface area (Å²) in [5.41, 5.74) is -3.05. The Morgan fingerprint density at radius 2 is 1.84 bits per heavy atom. The number of benzene rings is 2. The summed E-state index contributed by atoms with van der Waals surface area (Å²) in [5, 5.41) is 14.7. The number of hydrogen-bond donors (Lipinski definition) is 1. The second kappa shape index (κ2) is 11.5. The highest BCUT2D eigenvalue weighted by Gasteiger charge is 2.41. The molecule has 38 heavy (non-hydrogen) atoms. The molecule has 2 aromatic carbocycles. The Morgan fingerprint density at radius 1 is 1.11 bits per heavy atom. The summed E-state index contributed by atoms with van der Waals surface area (Å²) in [5.74, 6) is -2.72. The summed E-state index contributed by atoms with van der Waals surface area (Å²) in [4.78, 5) is 3.84. The Morgan fingerprint density at radius 3 is 2.45 bits per heavy atom. The quantitative estimate of drug-likeness (QED) is 0.384. The predicted octanol–water partition coefficient (Wildman–Crippen LogP) is 5.18. The summed E-state index contributed by atoms with van der Waals surface area (Å²) in [6.45, 7) is 1.85. The fourth-order valence-corrected chi connectivity index (χ4v) is 5.27. The smallest absolute Gasteiger partial charge is 0.382 e. The maximum atomic E-state index is 14.7. The zero-order valence-electron chi connectivity index (χ0n) is 19.9. The number of nitrogens with zero attached hydrogens (tertiary/aromatic N) is 3. The van der Waals surface area contributed by atoms with E-state index in [1.165, 1.54) is 47.3 Å². The van der Waals surface area contributed by atoms with Gasteiger partial charge in [-0.1, -0.05) is 25.1 Å². The van der Waals surface area contributed by atoms with Crippen LogP contribution in [0.5, 0.6) is 0 Å². The van der Waals surface area contributed by atoms with E-state index in [1.54, 1.807) is 6.92 Å². The van der Waals surface area contributed by atoms with Crippen molar-refractivity contribution in [2.24, 2.45) is 0 Å². The second-order valence-electron chi connectivity index (χ2n) is 8.67. The van der Waals surface area contributed by atoms with E-state index in [1.807, 2.05) is 0 Å². The zero-order valence-corrected chi connectivity index (χ0v) is 20.7. The SMILES string of the molecule is C[C@@H](SC1COC(C=Cc2ccc(C(F)(F)F)cc2F)OC1)[C@](O)(Cn1cncn1)c1ccc(F)cc1F. The van der Waals surface area contributed by atoms with Gasteiger partial charge in [0, 0.05) is 22.4 Å². The average molecular weight is 560 g/mol. The molecule has 0 spiro atoms. The van der Waals surface area contributed by atoms with Gasteiger partial charge < -0.3 is 14.6 Å². The van der Waals surface area contributed by atoms with Crippen molar-refractivity contribution in [1.29, 1.82) is 0 Å². The molecule has 1 aromatic heterocycles. The van der Waals surface area contributed by atoms with Crippen LogP contribution in [-0.2, 0) is 27.8 Å². The van der Waals surface area contributed by atoms with Gasteiger partial charge in [0.2, 0.25) is 0 Å². The molecule has 13 heteroatoms. The Hall–Kier alpha value is -2.87. The lowest BCUT2D eigenvalue weighted by molar-refractivity contribution is -0.146. The lowest BCUT2D eigenvalue weighted by Gasteiger charge is -2.37. The molecule has 0 radical (unpaired) electrons. The van der Waals surface area contributed by atoms with Crippen LogP contribution in [0.15, 0.2) is 55.1 Å². The van der Waals surface area contributed by atoms with Crippen molar-refractivity contribution in [2.75, 3.05) is 13.2 Å². The largest absolute Gasteiger partial charge is 0.416 e. The molecule has 204 valence electrons. The minimum Gasteiger partial charge on any atom is -0.382 e. The molecule has 0 amide bonds. The van der Waals surface area contributed by atoms with Crippen molar-refractivity contribution in [2.45, 2.75) is 42.0 Å². The molecule has 0 aliphatic carbocycles. The first-order valence-corrected chi connectivity index (χ1v) is 12.3. The molecular formula is C25H23F6N3O3S. The number of rotatable bonds is 8. The van der Waals surface area contributed by atoms with Gasteiger partial charge in [-0.05, 0) is 24.3 Å². The van der Waals surface area contributed by atoms with Crippen LogP contribution in [0.2, 0.25) is 0 Å². The van der Waals surface area contributed by atoms with Gasteiger partial charge in [-0.15, -0.1) is 11.8 Å². The van der Waals surface area contributed by atoms with Crippen molar-refractivity contribution in [1.82, 2.24) is 14.8 Å². The fraction of sp³-hybridized carbons (Fsp3) is 0.360. The fourth-order valence-electron chi connectivity index (χ4n) is 3.95. The zero-order chi connectivity index (χ0) is 27.5.